The van der Waals surface area contributed by atoms with Gasteiger partial charge in [0.2, 0.25) is 10.0 Å². The zero-order valence-corrected chi connectivity index (χ0v) is 18.2. The Bertz CT molecular complexity index is 1010. The molecular weight excluding hydrogens is 426 g/mol. The first-order valence-corrected chi connectivity index (χ1v) is 11.1. The number of sulfonamides is 1. The summed E-state index contributed by atoms with van der Waals surface area (Å²) in [5.41, 5.74) is 0.0916. The average Bonchev–Trinajstić information content (AvgIpc) is 2.79. The molecule has 0 atom stereocenters. The van der Waals surface area contributed by atoms with Crippen LogP contribution in [-0.4, -0.2) is 71.3 Å². The Morgan fingerprint density at radius 1 is 1.13 bits per heavy atom. The lowest BCUT2D eigenvalue weighted by atomic mass is 10.2. The van der Waals surface area contributed by atoms with E-state index < -0.39 is 14.9 Å². The maximum absolute atomic E-state index is 13.2. The van der Waals surface area contributed by atoms with Gasteiger partial charge in [0.1, 0.15) is 23.0 Å². The summed E-state index contributed by atoms with van der Waals surface area (Å²) < 4.78 is 43.8. The van der Waals surface area contributed by atoms with Gasteiger partial charge in [-0.1, -0.05) is 0 Å². The SMILES string of the molecule is COc1ccc(OCCN(C)c2ccc([N+](=O)[O-])cc2S(=O)(=O)N2CCOCC2)cc1. The van der Waals surface area contributed by atoms with Crippen LogP contribution in [0.2, 0.25) is 0 Å². The number of morpholine rings is 1. The monoisotopic (exact) mass is 451 g/mol. The summed E-state index contributed by atoms with van der Waals surface area (Å²) in [4.78, 5) is 12.3. The number of nitro groups is 1. The molecule has 3 rings (SSSR count). The molecule has 0 aromatic heterocycles. The summed E-state index contributed by atoms with van der Waals surface area (Å²) in [7, 11) is -0.626. The summed E-state index contributed by atoms with van der Waals surface area (Å²) in [5, 5.41) is 11.2. The van der Waals surface area contributed by atoms with E-state index in [1.54, 1.807) is 43.3 Å². The molecule has 1 aliphatic rings. The fourth-order valence-electron chi connectivity index (χ4n) is 3.16. The number of rotatable bonds is 9. The molecule has 2 aromatic carbocycles. The Kier molecular flexibility index (Phi) is 7.31. The second kappa shape index (κ2) is 9.94. The van der Waals surface area contributed by atoms with E-state index >= 15 is 0 Å². The maximum Gasteiger partial charge on any atom is 0.270 e. The van der Waals surface area contributed by atoms with Crippen molar-refractivity contribution in [2.24, 2.45) is 0 Å². The summed E-state index contributed by atoms with van der Waals surface area (Å²) in [6.07, 6.45) is 0. The first-order valence-electron chi connectivity index (χ1n) is 9.67. The van der Waals surface area contributed by atoms with Crippen LogP contribution in [0.5, 0.6) is 11.5 Å². The van der Waals surface area contributed by atoms with Crippen molar-refractivity contribution < 1.29 is 27.6 Å². The van der Waals surface area contributed by atoms with Gasteiger partial charge in [0.05, 0.1) is 37.5 Å². The van der Waals surface area contributed by atoms with E-state index in [1.807, 2.05) is 0 Å². The predicted octanol–water partition coefficient (Wildman–Crippen LogP) is 2.14. The van der Waals surface area contributed by atoms with Gasteiger partial charge < -0.3 is 19.1 Å². The minimum Gasteiger partial charge on any atom is -0.497 e. The number of hydrogen-bond donors (Lipinski definition) is 0. The summed E-state index contributed by atoms with van der Waals surface area (Å²) in [6, 6.07) is 11.0. The van der Waals surface area contributed by atoms with Crippen molar-refractivity contribution >= 4 is 21.4 Å². The summed E-state index contributed by atoms with van der Waals surface area (Å²) in [6.45, 7) is 1.64. The van der Waals surface area contributed by atoms with Crippen LogP contribution in [0.3, 0.4) is 0 Å². The molecule has 168 valence electrons. The van der Waals surface area contributed by atoms with Gasteiger partial charge >= 0.3 is 0 Å². The molecule has 0 spiro atoms. The van der Waals surface area contributed by atoms with Crippen molar-refractivity contribution in [3.63, 3.8) is 0 Å². The van der Waals surface area contributed by atoms with Crippen LogP contribution >= 0.6 is 0 Å². The largest absolute Gasteiger partial charge is 0.497 e. The zero-order valence-electron chi connectivity index (χ0n) is 17.4. The fourth-order valence-corrected chi connectivity index (χ4v) is 4.82. The Balaban J connectivity index is 1.79. The van der Waals surface area contributed by atoms with Crippen LogP contribution in [0, 0.1) is 10.1 Å². The van der Waals surface area contributed by atoms with Crippen molar-refractivity contribution in [1.29, 1.82) is 0 Å². The van der Waals surface area contributed by atoms with E-state index in [-0.39, 0.29) is 43.5 Å². The molecule has 0 radical (unpaired) electrons. The second-order valence-electron chi connectivity index (χ2n) is 6.87. The van der Waals surface area contributed by atoms with Gasteiger partial charge in [0.25, 0.3) is 5.69 Å². The average molecular weight is 452 g/mol. The molecule has 10 nitrogen and oxygen atoms in total. The minimum atomic E-state index is -3.93. The van der Waals surface area contributed by atoms with Crippen LogP contribution in [0.1, 0.15) is 0 Å². The quantitative estimate of drug-likeness (QED) is 0.421. The highest BCUT2D eigenvalue weighted by Crippen LogP contribution is 2.31. The number of ether oxygens (including phenoxy) is 3. The standard InChI is InChI=1S/C20H25N3O7S/c1-21(9-14-30-18-6-4-17(28-2)5-7-18)19-8-3-16(23(24)25)15-20(19)31(26,27)22-10-12-29-13-11-22/h3-8,15H,9-14H2,1-2H3. The van der Waals surface area contributed by atoms with Crippen LogP contribution in [0.4, 0.5) is 11.4 Å². The molecule has 0 aliphatic carbocycles. The number of non-ortho nitro benzene ring substituents is 1. The highest BCUT2D eigenvalue weighted by Gasteiger charge is 2.31. The number of methoxy groups -OCH3 is 1. The molecular formula is C20H25N3O7S. The lowest BCUT2D eigenvalue weighted by Crippen LogP contribution is -2.41. The van der Waals surface area contributed by atoms with Gasteiger partial charge in [-0.25, -0.2) is 8.42 Å². The molecule has 0 unspecified atom stereocenters. The molecule has 31 heavy (non-hydrogen) atoms. The topological polar surface area (TPSA) is 111 Å². The molecule has 1 heterocycles. The number of nitrogens with zero attached hydrogens (tertiary/aromatic N) is 3. The molecule has 2 aromatic rings. The fraction of sp³-hybridized carbons (Fsp3) is 0.400. The normalized spacial score (nSPS) is 14.8. The highest BCUT2D eigenvalue weighted by atomic mass is 32.2. The lowest BCUT2D eigenvalue weighted by molar-refractivity contribution is -0.385. The minimum absolute atomic E-state index is 0.101. The molecule has 0 bridgehead atoms. The van der Waals surface area contributed by atoms with Crippen molar-refractivity contribution in [3.8, 4) is 11.5 Å². The maximum atomic E-state index is 13.2. The Hall–Kier alpha value is -2.89. The third-order valence-corrected chi connectivity index (χ3v) is 6.84. The van der Waals surface area contributed by atoms with Crippen LogP contribution in [-0.2, 0) is 14.8 Å². The van der Waals surface area contributed by atoms with Crippen molar-refractivity contribution in [3.05, 3.63) is 52.6 Å². The number of anilines is 1. The summed E-state index contributed by atoms with van der Waals surface area (Å²) >= 11 is 0. The smallest absolute Gasteiger partial charge is 0.270 e. The first kappa shape index (κ1) is 22.8. The van der Waals surface area contributed by atoms with Crippen LogP contribution < -0.4 is 14.4 Å². The van der Waals surface area contributed by atoms with E-state index in [4.69, 9.17) is 14.2 Å². The third kappa shape index (κ3) is 5.43. The number of benzene rings is 2. The van der Waals surface area contributed by atoms with Crippen molar-refractivity contribution in [2.45, 2.75) is 4.90 Å². The van der Waals surface area contributed by atoms with Gasteiger partial charge in [-0.2, -0.15) is 4.31 Å². The molecule has 0 saturated carbocycles. The molecule has 1 saturated heterocycles. The summed E-state index contributed by atoms with van der Waals surface area (Å²) in [5.74, 6) is 1.37. The van der Waals surface area contributed by atoms with Gasteiger partial charge in [-0.15, -0.1) is 0 Å². The number of likely N-dealkylation sites (N-methyl/N-ethyl adjacent to an activating group) is 1. The predicted molar refractivity (Wildman–Crippen MR) is 114 cm³/mol. The van der Waals surface area contributed by atoms with Gasteiger partial charge in [0.15, 0.2) is 0 Å². The van der Waals surface area contributed by atoms with Gasteiger partial charge in [-0.3, -0.25) is 10.1 Å². The van der Waals surface area contributed by atoms with E-state index in [2.05, 4.69) is 0 Å². The Morgan fingerprint density at radius 2 is 1.77 bits per heavy atom. The number of nitro benzene ring substituents is 1. The van der Waals surface area contributed by atoms with Gasteiger partial charge in [0, 0.05) is 32.3 Å². The van der Waals surface area contributed by atoms with E-state index in [1.165, 1.54) is 16.4 Å². The van der Waals surface area contributed by atoms with Crippen molar-refractivity contribution in [1.82, 2.24) is 4.31 Å². The lowest BCUT2D eigenvalue weighted by Gasteiger charge is -2.29. The van der Waals surface area contributed by atoms with E-state index in [0.29, 0.717) is 23.7 Å². The highest BCUT2D eigenvalue weighted by molar-refractivity contribution is 7.89. The van der Waals surface area contributed by atoms with Crippen molar-refractivity contribution in [2.75, 3.05) is 58.5 Å². The third-order valence-electron chi connectivity index (χ3n) is 4.91. The van der Waals surface area contributed by atoms with E-state index in [9.17, 15) is 18.5 Å². The molecule has 1 aliphatic heterocycles. The molecule has 0 N–H and O–H groups in total. The molecule has 1 fully saturated rings. The van der Waals surface area contributed by atoms with E-state index in [0.717, 1.165) is 6.07 Å². The van der Waals surface area contributed by atoms with Crippen LogP contribution in [0.25, 0.3) is 0 Å². The molecule has 0 amide bonds. The first-order chi connectivity index (χ1) is 14.8. The Morgan fingerprint density at radius 3 is 2.39 bits per heavy atom. The number of hydrogen-bond acceptors (Lipinski definition) is 8. The van der Waals surface area contributed by atoms with Gasteiger partial charge in [-0.05, 0) is 30.3 Å². The molecule has 11 heteroatoms. The zero-order chi connectivity index (χ0) is 22.4. The van der Waals surface area contributed by atoms with Crippen LogP contribution in [0.15, 0.2) is 47.4 Å². The second-order valence-corrected chi connectivity index (χ2v) is 8.78. The Labute approximate surface area is 181 Å².